The van der Waals surface area contributed by atoms with E-state index in [2.05, 4.69) is 19.6 Å². The van der Waals surface area contributed by atoms with Crippen molar-refractivity contribution in [2.75, 3.05) is 19.8 Å². The smallest absolute Gasteiger partial charge is 0.310 e. The van der Waals surface area contributed by atoms with Crippen LogP contribution in [0.3, 0.4) is 0 Å². The minimum Gasteiger partial charge on any atom is -0.463 e. The van der Waals surface area contributed by atoms with E-state index in [1.165, 1.54) is 0 Å². The van der Waals surface area contributed by atoms with Crippen LogP contribution in [0.25, 0.3) is 0 Å². The molecule has 0 heterocycles. The van der Waals surface area contributed by atoms with E-state index in [0.717, 1.165) is 29.9 Å². The van der Waals surface area contributed by atoms with Gasteiger partial charge in [-0.05, 0) is 24.1 Å². The molecular formula is C14H20O3S. The molecule has 0 saturated heterocycles. The van der Waals surface area contributed by atoms with Gasteiger partial charge in [-0.25, -0.2) is 0 Å². The van der Waals surface area contributed by atoms with Crippen LogP contribution < -0.4 is 0 Å². The van der Waals surface area contributed by atoms with Crippen molar-refractivity contribution in [3.8, 4) is 0 Å². The molecule has 1 rings (SSSR count). The van der Waals surface area contributed by atoms with Crippen molar-refractivity contribution in [2.24, 2.45) is 0 Å². The zero-order chi connectivity index (χ0) is 13.2. The highest BCUT2D eigenvalue weighted by Gasteiger charge is 2.04. The maximum Gasteiger partial charge on any atom is 0.310 e. The van der Waals surface area contributed by atoms with Crippen molar-refractivity contribution >= 4 is 18.6 Å². The Kier molecular flexibility index (Phi) is 7.53. The van der Waals surface area contributed by atoms with Gasteiger partial charge >= 0.3 is 5.97 Å². The van der Waals surface area contributed by atoms with Gasteiger partial charge in [0.25, 0.3) is 0 Å². The summed E-state index contributed by atoms with van der Waals surface area (Å²) in [5, 5.41) is 0. The lowest BCUT2D eigenvalue weighted by Gasteiger charge is -2.06. The largest absolute Gasteiger partial charge is 0.463 e. The predicted octanol–water partition coefficient (Wildman–Crippen LogP) is 2.88. The second kappa shape index (κ2) is 9.00. The third-order valence-electron chi connectivity index (χ3n) is 2.42. The van der Waals surface area contributed by atoms with E-state index in [-0.39, 0.29) is 5.97 Å². The molecule has 0 aliphatic rings. The normalized spacial score (nSPS) is 10.3. The number of unbranched alkanes of at least 4 members (excludes halogenated alkanes) is 1. The van der Waals surface area contributed by atoms with Crippen LogP contribution in [0.5, 0.6) is 0 Å². The highest BCUT2D eigenvalue weighted by atomic mass is 32.1. The molecule has 100 valence electrons. The highest BCUT2D eigenvalue weighted by molar-refractivity contribution is 7.80. The average molecular weight is 268 g/mol. The molecule has 0 aliphatic carbocycles. The van der Waals surface area contributed by atoms with E-state index in [1.807, 2.05) is 24.3 Å². The average Bonchev–Trinajstić information content (AvgIpc) is 2.36. The van der Waals surface area contributed by atoms with E-state index in [0.29, 0.717) is 19.6 Å². The number of hydrogen-bond acceptors (Lipinski definition) is 4. The van der Waals surface area contributed by atoms with E-state index < -0.39 is 0 Å². The Labute approximate surface area is 114 Å². The third kappa shape index (κ3) is 6.67. The van der Waals surface area contributed by atoms with Crippen LogP contribution in [0.4, 0.5) is 0 Å². The van der Waals surface area contributed by atoms with Crippen molar-refractivity contribution < 1.29 is 14.3 Å². The summed E-state index contributed by atoms with van der Waals surface area (Å²) in [4.78, 5) is 12.4. The Morgan fingerprint density at radius 1 is 1.17 bits per heavy atom. The molecule has 0 spiro atoms. The summed E-state index contributed by atoms with van der Waals surface area (Å²) < 4.78 is 10.4. The van der Waals surface area contributed by atoms with Crippen molar-refractivity contribution in [1.29, 1.82) is 0 Å². The molecule has 0 aliphatic heterocycles. The molecule has 1 aromatic carbocycles. The van der Waals surface area contributed by atoms with Gasteiger partial charge in [-0.15, -0.1) is 12.6 Å². The maximum absolute atomic E-state index is 11.5. The van der Waals surface area contributed by atoms with Crippen LogP contribution in [0.2, 0.25) is 0 Å². The van der Waals surface area contributed by atoms with Crippen LogP contribution in [-0.4, -0.2) is 25.8 Å². The van der Waals surface area contributed by atoms with Crippen LogP contribution in [-0.2, 0) is 20.7 Å². The molecule has 0 N–H and O–H groups in total. The van der Waals surface area contributed by atoms with Gasteiger partial charge in [-0.3, -0.25) is 4.79 Å². The molecule has 18 heavy (non-hydrogen) atoms. The summed E-state index contributed by atoms with van der Waals surface area (Å²) in [7, 11) is 0. The van der Waals surface area contributed by atoms with Gasteiger partial charge in [0, 0.05) is 11.5 Å². The highest BCUT2D eigenvalue weighted by Crippen LogP contribution is 2.08. The molecule has 0 aromatic heterocycles. The number of thiol groups is 1. The number of esters is 1. The van der Waals surface area contributed by atoms with Crippen molar-refractivity contribution in [2.45, 2.75) is 31.1 Å². The number of benzene rings is 1. The first-order chi connectivity index (χ1) is 8.72. The molecule has 1 aromatic rings. The summed E-state index contributed by atoms with van der Waals surface area (Å²) >= 11 is 4.19. The number of ether oxygens (including phenoxy) is 2. The Morgan fingerprint density at radius 3 is 2.56 bits per heavy atom. The molecule has 0 unspecified atom stereocenters. The topological polar surface area (TPSA) is 35.5 Å². The van der Waals surface area contributed by atoms with Gasteiger partial charge in [0.05, 0.1) is 13.0 Å². The van der Waals surface area contributed by atoms with E-state index in [4.69, 9.17) is 9.47 Å². The Bertz CT molecular complexity index is 349. The van der Waals surface area contributed by atoms with E-state index in [9.17, 15) is 4.79 Å². The first-order valence-electron chi connectivity index (χ1n) is 6.23. The van der Waals surface area contributed by atoms with Crippen LogP contribution in [0, 0.1) is 0 Å². The minimum atomic E-state index is -0.221. The monoisotopic (exact) mass is 268 g/mol. The molecule has 0 fully saturated rings. The summed E-state index contributed by atoms with van der Waals surface area (Å²) in [5.41, 5.74) is 0.935. The van der Waals surface area contributed by atoms with Gasteiger partial charge in [0.1, 0.15) is 6.61 Å². The second-order valence-electron chi connectivity index (χ2n) is 4.03. The van der Waals surface area contributed by atoms with Crippen molar-refractivity contribution in [1.82, 2.24) is 0 Å². The molecule has 4 heteroatoms. The van der Waals surface area contributed by atoms with Crippen molar-refractivity contribution in [3.05, 3.63) is 29.8 Å². The van der Waals surface area contributed by atoms with Gasteiger partial charge in [-0.2, -0.15) is 0 Å². The van der Waals surface area contributed by atoms with Gasteiger partial charge in [0.2, 0.25) is 0 Å². The molecule has 3 nitrogen and oxygen atoms in total. The Hall–Kier alpha value is -1.00. The van der Waals surface area contributed by atoms with Crippen LogP contribution >= 0.6 is 12.6 Å². The summed E-state index contributed by atoms with van der Waals surface area (Å²) in [6.07, 6.45) is 2.45. The Balaban J connectivity index is 2.12. The SMILES string of the molecule is CCCCOCCOC(=O)Cc1ccc(S)cc1. The Morgan fingerprint density at radius 2 is 1.89 bits per heavy atom. The van der Waals surface area contributed by atoms with E-state index in [1.54, 1.807) is 0 Å². The fourth-order valence-corrected chi connectivity index (χ4v) is 1.54. The minimum absolute atomic E-state index is 0.221. The maximum atomic E-state index is 11.5. The van der Waals surface area contributed by atoms with Gasteiger partial charge in [-0.1, -0.05) is 25.5 Å². The number of carbonyl (C=O) groups is 1. The van der Waals surface area contributed by atoms with Gasteiger partial charge in [0.15, 0.2) is 0 Å². The van der Waals surface area contributed by atoms with Crippen molar-refractivity contribution in [3.63, 3.8) is 0 Å². The van der Waals surface area contributed by atoms with E-state index >= 15 is 0 Å². The summed E-state index contributed by atoms with van der Waals surface area (Å²) in [6, 6.07) is 7.47. The van der Waals surface area contributed by atoms with Crippen LogP contribution in [0.1, 0.15) is 25.3 Å². The second-order valence-corrected chi connectivity index (χ2v) is 4.55. The lowest BCUT2D eigenvalue weighted by atomic mass is 10.1. The molecule has 0 radical (unpaired) electrons. The zero-order valence-electron chi connectivity index (χ0n) is 10.7. The van der Waals surface area contributed by atoms with Gasteiger partial charge < -0.3 is 9.47 Å². The quantitative estimate of drug-likeness (QED) is 0.447. The molecule has 0 bridgehead atoms. The lowest BCUT2D eigenvalue weighted by Crippen LogP contribution is -2.13. The third-order valence-corrected chi connectivity index (χ3v) is 2.72. The molecule has 0 atom stereocenters. The van der Waals surface area contributed by atoms with Crippen LogP contribution in [0.15, 0.2) is 29.2 Å². The predicted molar refractivity (Wildman–Crippen MR) is 74.1 cm³/mol. The number of hydrogen-bond donors (Lipinski definition) is 1. The number of rotatable bonds is 8. The lowest BCUT2D eigenvalue weighted by molar-refractivity contribution is -0.144. The number of carbonyl (C=O) groups excluding carboxylic acids is 1. The molecular weight excluding hydrogens is 248 g/mol. The first-order valence-corrected chi connectivity index (χ1v) is 6.68. The fraction of sp³-hybridized carbons (Fsp3) is 0.500. The standard InChI is InChI=1S/C14H20O3S/c1-2-3-8-16-9-10-17-14(15)11-12-4-6-13(18)7-5-12/h4-7,18H,2-3,8-11H2,1H3. The summed E-state index contributed by atoms with van der Waals surface area (Å²) in [6.45, 7) is 3.64. The fourth-order valence-electron chi connectivity index (χ4n) is 1.39. The summed E-state index contributed by atoms with van der Waals surface area (Å²) in [5.74, 6) is -0.221. The first kappa shape index (κ1) is 15.1. The zero-order valence-corrected chi connectivity index (χ0v) is 11.6. The molecule has 0 saturated carbocycles. The molecule has 0 amide bonds.